The molecule has 18 heavy (non-hydrogen) atoms. The average Bonchev–Trinajstić information content (AvgIpc) is 3.03. The van der Waals surface area contributed by atoms with Crippen molar-refractivity contribution in [1.29, 1.82) is 0 Å². The van der Waals surface area contributed by atoms with Gasteiger partial charge in [-0.1, -0.05) is 0 Å². The van der Waals surface area contributed by atoms with Gasteiger partial charge in [0.25, 0.3) is 0 Å². The van der Waals surface area contributed by atoms with Crippen LogP contribution < -0.4 is 10.6 Å². The van der Waals surface area contributed by atoms with Crippen molar-refractivity contribution in [3.05, 3.63) is 0 Å². The van der Waals surface area contributed by atoms with Crippen molar-refractivity contribution in [3.63, 3.8) is 0 Å². The Hall–Kier alpha value is -1.14. The van der Waals surface area contributed by atoms with Gasteiger partial charge in [0.05, 0.1) is 0 Å². The predicted molar refractivity (Wildman–Crippen MR) is 63.9 cm³/mol. The second kappa shape index (κ2) is 5.24. The maximum atomic E-state index is 12.0. The summed E-state index contributed by atoms with van der Waals surface area (Å²) in [6.45, 7) is 1.63. The summed E-state index contributed by atoms with van der Waals surface area (Å²) in [5, 5.41) is 23.5. The van der Waals surface area contributed by atoms with E-state index in [9.17, 15) is 9.59 Å². The van der Waals surface area contributed by atoms with Gasteiger partial charge >= 0.3 is 5.97 Å². The molecule has 0 aromatic heterocycles. The van der Waals surface area contributed by atoms with E-state index in [4.69, 9.17) is 10.2 Å². The molecule has 2 rings (SSSR count). The van der Waals surface area contributed by atoms with Gasteiger partial charge < -0.3 is 20.8 Å². The number of carboxylic acids is 1. The van der Waals surface area contributed by atoms with E-state index in [-0.39, 0.29) is 30.3 Å². The molecule has 1 unspecified atom stereocenters. The van der Waals surface area contributed by atoms with E-state index in [2.05, 4.69) is 10.6 Å². The van der Waals surface area contributed by atoms with Crippen LogP contribution in [-0.2, 0) is 9.59 Å². The fraction of sp³-hybridized carbons (Fsp3) is 0.833. The summed E-state index contributed by atoms with van der Waals surface area (Å²) in [5.41, 5.74) is 0.109. The minimum absolute atomic E-state index is 0.0415. The predicted octanol–water partition coefficient (Wildman–Crippen LogP) is -0.672. The highest BCUT2D eigenvalue weighted by atomic mass is 16.4. The van der Waals surface area contributed by atoms with Crippen molar-refractivity contribution in [3.8, 4) is 0 Å². The number of aliphatic carboxylic acids is 1. The van der Waals surface area contributed by atoms with Gasteiger partial charge in [0, 0.05) is 18.9 Å². The van der Waals surface area contributed by atoms with Crippen LogP contribution in [0.3, 0.4) is 0 Å². The van der Waals surface area contributed by atoms with Crippen LogP contribution in [0.15, 0.2) is 0 Å². The van der Waals surface area contributed by atoms with Crippen LogP contribution in [0.1, 0.15) is 25.7 Å². The van der Waals surface area contributed by atoms with Crippen LogP contribution in [0.4, 0.5) is 0 Å². The summed E-state index contributed by atoms with van der Waals surface area (Å²) in [7, 11) is 0. The van der Waals surface area contributed by atoms with Crippen molar-refractivity contribution in [2.24, 2.45) is 11.3 Å². The number of carbonyl (C=O) groups excluding carboxylic acids is 1. The molecule has 1 aliphatic carbocycles. The molecule has 2 atom stereocenters. The summed E-state index contributed by atoms with van der Waals surface area (Å²) in [4.78, 5) is 22.9. The minimum atomic E-state index is -1.09. The SMILES string of the molecule is O=C(N[C@H](CCO)C(=O)O)C1CC12CCNCC2. The fourth-order valence-corrected chi connectivity index (χ4v) is 2.85. The molecular weight excluding hydrogens is 236 g/mol. The van der Waals surface area contributed by atoms with Gasteiger partial charge in [-0.3, -0.25) is 4.79 Å². The molecule has 4 N–H and O–H groups in total. The molecule has 6 heteroatoms. The molecule has 6 nitrogen and oxygen atoms in total. The number of hydrogen-bond donors (Lipinski definition) is 4. The highest BCUT2D eigenvalue weighted by molar-refractivity contribution is 5.87. The summed E-state index contributed by atoms with van der Waals surface area (Å²) in [5.74, 6) is -1.30. The van der Waals surface area contributed by atoms with Crippen molar-refractivity contribution < 1.29 is 19.8 Å². The molecule has 1 aliphatic heterocycles. The molecule has 0 aromatic carbocycles. The molecular formula is C12H20N2O4. The lowest BCUT2D eigenvalue weighted by Crippen LogP contribution is -2.43. The normalized spacial score (nSPS) is 26.6. The maximum Gasteiger partial charge on any atom is 0.326 e. The van der Waals surface area contributed by atoms with E-state index in [1.165, 1.54) is 0 Å². The maximum absolute atomic E-state index is 12.0. The summed E-state index contributed by atoms with van der Waals surface area (Å²) in [6, 6.07) is -0.970. The van der Waals surface area contributed by atoms with Crippen LogP contribution in [-0.4, -0.2) is 47.8 Å². The quantitative estimate of drug-likeness (QED) is 0.523. The smallest absolute Gasteiger partial charge is 0.326 e. The third-order valence-corrected chi connectivity index (χ3v) is 4.14. The van der Waals surface area contributed by atoms with Crippen molar-refractivity contribution >= 4 is 11.9 Å². The van der Waals surface area contributed by atoms with Gasteiger partial charge in [-0.25, -0.2) is 4.79 Å². The molecule has 1 saturated heterocycles. The van der Waals surface area contributed by atoms with Crippen LogP contribution in [0.25, 0.3) is 0 Å². The summed E-state index contributed by atoms with van der Waals surface area (Å²) < 4.78 is 0. The lowest BCUT2D eigenvalue weighted by molar-refractivity contribution is -0.142. The summed E-state index contributed by atoms with van der Waals surface area (Å²) >= 11 is 0. The first-order valence-electron chi connectivity index (χ1n) is 6.44. The number of carboxylic acid groups (broad SMARTS) is 1. The average molecular weight is 256 g/mol. The molecule has 2 fully saturated rings. The standard InChI is InChI=1S/C12H20N2O4/c15-6-1-9(11(17)18)14-10(16)8-7-12(8)2-4-13-5-3-12/h8-9,13,15H,1-7H2,(H,14,16)(H,17,18)/t8?,9-/m1/s1. The first-order valence-corrected chi connectivity index (χ1v) is 6.44. The Morgan fingerprint density at radius 1 is 1.39 bits per heavy atom. The highest BCUT2D eigenvalue weighted by Gasteiger charge is 2.57. The largest absolute Gasteiger partial charge is 0.480 e. The lowest BCUT2D eigenvalue weighted by Gasteiger charge is -2.23. The minimum Gasteiger partial charge on any atom is -0.480 e. The number of aliphatic hydroxyl groups excluding tert-OH is 1. The van der Waals surface area contributed by atoms with Gasteiger partial charge in [-0.15, -0.1) is 0 Å². The Morgan fingerprint density at radius 2 is 2.06 bits per heavy atom. The molecule has 1 heterocycles. The molecule has 0 radical (unpaired) electrons. The third kappa shape index (κ3) is 2.64. The molecule has 0 bridgehead atoms. The second-order valence-corrected chi connectivity index (χ2v) is 5.28. The first-order chi connectivity index (χ1) is 8.59. The Bertz CT molecular complexity index is 339. The fourth-order valence-electron chi connectivity index (χ4n) is 2.85. The summed E-state index contributed by atoms with van der Waals surface area (Å²) in [6.07, 6.45) is 2.90. The number of amides is 1. The zero-order valence-electron chi connectivity index (χ0n) is 10.3. The van der Waals surface area contributed by atoms with Crippen LogP contribution >= 0.6 is 0 Å². The number of hydrogen-bond acceptors (Lipinski definition) is 4. The number of piperidine rings is 1. The molecule has 1 saturated carbocycles. The zero-order valence-corrected chi connectivity index (χ0v) is 10.3. The monoisotopic (exact) mass is 256 g/mol. The molecule has 0 aromatic rings. The van der Waals surface area contributed by atoms with E-state index < -0.39 is 12.0 Å². The number of carbonyl (C=O) groups is 2. The van der Waals surface area contributed by atoms with E-state index in [1.807, 2.05) is 0 Å². The number of aliphatic hydroxyl groups is 1. The van der Waals surface area contributed by atoms with Crippen molar-refractivity contribution in [2.45, 2.75) is 31.7 Å². The van der Waals surface area contributed by atoms with Crippen LogP contribution in [0, 0.1) is 11.3 Å². The molecule has 102 valence electrons. The van der Waals surface area contributed by atoms with E-state index in [1.54, 1.807) is 0 Å². The Kier molecular flexibility index (Phi) is 3.87. The van der Waals surface area contributed by atoms with Crippen molar-refractivity contribution in [2.75, 3.05) is 19.7 Å². The van der Waals surface area contributed by atoms with Gasteiger partial charge in [0.2, 0.25) is 5.91 Å². The zero-order chi connectivity index (χ0) is 13.2. The van der Waals surface area contributed by atoms with Crippen LogP contribution in [0.2, 0.25) is 0 Å². The second-order valence-electron chi connectivity index (χ2n) is 5.28. The van der Waals surface area contributed by atoms with Gasteiger partial charge in [0.15, 0.2) is 0 Å². The molecule has 1 spiro atoms. The van der Waals surface area contributed by atoms with Crippen molar-refractivity contribution in [1.82, 2.24) is 10.6 Å². The van der Waals surface area contributed by atoms with E-state index in [0.717, 1.165) is 32.4 Å². The Balaban J connectivity index is 1.87. The number of rotatable bonds is 5. The van der Waals surface area contributed by atoms with E-state index >= 15 is 0 Å². The van der Waals surface area contributed by atoms with Gasteiger partial charge in [-0.2, -0.15) is 0 Å². The third-order valence-electron chi connectivity index (χ3n) is 4.14. The first kappa shape index (κ1) is 13.3. The Labute approximate surface area is 106 Å². The van der Waals surface area contributed by atoms with Gasteiger partial charge in [-0.05, 0) is 37.8 Å². The van der Waals surface area contributed by atoms with E-state index in [0.29, 0.717) is 0 Å². The topological polar surface area (TPSA) is 98.7 Å². The Morgan fingerprint density at radius 3 is 2.61 bits per heavy atom. The highest BCUT2D eigenvalue weighted by Crippen LogP contribution is 2.58. The molecule has 2 aliphatic rings. The lowest BCUT2D eigenvalue weighted by atomic mass is 9.91. The van der Waals surface area contributed by atoms with Gasteiger partial charge in [0.1, 0.15) is 6.04 Å². The number of nitrogens with one attached hydrogen (secondary N) is 2. The van der Waals surface area contributed by atoms with Crippen LogP contribution in [0.5, 0.6) is 0 Å². The molecule has 1 amide bonds.